The van der Waals surface area contributed by atoms with Gasteiger partial charge >= 0.3 is 0 Å². The summed E-state index contributed by atoms with van der Waals surface area (Å²) in [7, 11) is 0. The first kappa shape index (κ1) is 16.2. The summed E-state index contributed by atoms with van der Waals surface area (Å²) in [6.07, 6.45) is 1.82. The summed E-state index contributed by atoms with van der Waals surface area (Å²) in [6.45, 7) is 7.40. The molecule has 1 aliphatic heterocycles. The summed E-state index contributed by atoms with van der Waals surface area (Å²) >= 11 is 1.68. The lowest BCUT2D eigenvalue weighted by atomic mass is 10.1. The Hall–Kier alpha value is -2.24. The third kappa shape index (κ3) is 3.72. The van der Waals surface area contributed by atoms with E-state index in [9.17, 15) is 0 Å². The molecule has 1 aromatic carbocycles. The van der Waals surface area contributed by atoms with Crippen LogP contribution < -0.4 is 4.90 Å². The van der Waals surface area contributed by atoms with Gasteiger partial charge in [0.15, 0.2) is 0 Å². The van der Waals surface area contributed by atoms with Crippen molar-refractivity contribution in [1.82, 2.24) is 14.9 Å². The molecule has 25 heavy (non-hydrogen) atoms. The van der Waals surface area contributed by atoms with E-state index < -0.39 is 0 Å². The lowest BCUT2D eigenvalue weighted by Gasteiger charge is -2.36. The van der Waals surface area contributed by atoms with Crippen LogP contribution in [0.3, 0.4) is 0 Å². The Bertz CT molecular complexity index is 822. The zero-order valence-electron chi connectivity index (χ0n) is 14.4. The van der Waals surface area contributed by atoms with Crippen LogP contribution in [0.4, 0.5) is 5.69 Å². The van der Waals surface area contributed by atoms with Crippen molar-refractivity contribution in [3.8, 4) is 10.7 Å². The number of para-hydroxylation sites is 1. The van der Waals surface area contributed by atoms with Crippen molar-refractivity contribution in [3.63, 3.8) is 0 Å². The predicted octanol–water partition coefficient (Wildman–Crippen LogP) is 3.84. The molecule has 0 bridgehead atoms. The van der Waals surface area contributed by atoms with E-state index in [2.05, 4.69) is 51.4 Å². The Kier molecular flexibility index (Phi) is 4.76. The van der Waals surface area contributed by atoms with Gasteiger partial charge in [-0.25, -0.2) is 4.98 Å². The topological polar surface area (TPSA) is 32.3 Å². The van der Waals surface area contributed by atoms with E-state index in [1.165, 1.54) is 11.3 Å². The first-order valence-corrected chi connectivity index (χ1v) is 9.56. The number of anilines is 1. The molecule has 0 spiro atoms. The summed E-state index contributed by atoms with van der Waals surface area (Å²) < 4.78 is 0. The minimum Gasteiger partial charge on any atom is -0.369 e. The van der Waals surface area contributed by atoms with Crippen molar-refractivity contribution in [2.75, 3.05) is 31.1 Å². The maximum Gasteiger partial charge on any atom is 0.142 e. The molecule has 0 atom stereocenters. The van der Waals surface area contributed by atoms with Gasteiger partial charge in [0, 0.05) is 50.0 Å². The second kappa shape index (κ2) is 7.33. The molecule has 4 nitrogen and oxygen atoms in total. The highest BCUT2D eigenvalue weighted by atomic mass is 32.1. The van der Waals surface area contributed by atoms with Crippen LogP contribution in [0.5, 0.6) is 0 Å². The van der Waals surface area contributed by atoms with Crippen LogP contribution in [-0.4, -0.2) is 41.0 Å². The van der Waals surface area contributed by atoms with Crippen LogP contribution in [0.1, 0.15) is 11.3 Å². The van der Waals surface area contributed by atoms with Gasteiger partial charge in [0.1, 0.15) is 5.01 Å². The molecule has 0 radical (unpaired) electrons. The monoisotopic (exact) mass is 350 g/mol. The Balaban J connectivity index is 1.36. The molecule has 2 aromatic heterocycles. The highest BCUT2D eigenvalue weighted by Crippen LogP contribution is 2.24. The summed E-state index contributed by atoms with van der Waals surface area (Å²) in [4.78, 5) is 14.1. The van der Waals surface area contributed by atoms with Gasteiger partial charge in [0.05, 0.1) is 11.4 Å². The van der Waals surface area contributed by atoms with Crippen LogP contribution in [0.15, 0.2) is 54.0 Å². The fraction of sp³-hybridized carbons (Fsp3) is 0.300. The molecule has 1 saturated heterocycles. The van der Waals surface area contributed by atoms with Crippen LogP contribution in [-0.2, 0) is 6.54 Å². The number of rotatable bonds is 4. The normalized spacial score (nSPS) is 15.5. The number of hydrogen-bond donors (Lipinski definition) is 0. The van der Waals surface area contributed by atoms with Crippen molar-refractivity contribution >= 4 is 17.0 Å². The van der Waals surface area contributed by atoms with E-state index in [-0.39, 0.29) is 0 Å². The average Bonchev–Trinajstić information content (AvgIpc) is 3.12. The quantitative estimate of drug-likeness (QED) is 0.716. The van der Waals surface area contributed by atoms with Gasteiger partial charge in [-0.3, -0.25) is 9.88 Å². The molecule has 0 N–H and O–H groups in total. The van der Waals surface area contributed by atoms with Gasteiger partial charge in [0.2, 0.25) is 0 Å². The summed E-state index contributed by atoms with van der Waals surface area (Å²) in [5.41, 5.74) is 4.84. The fourth-order valence-corrected chi connectivity index (χ4v) is 4.07. The van der Waals surface area contributed by atoms with Crippen LogP contribution in [0, 0.1) is 6.92 Å². The molecule has 1 aliphatic rings. The summed E-state index contributed by atoms with van der Waals surface area (Å²) in [5.74, 6) is 0. The van der Waals surface area contributed by atoms with Crippen LogP contribution >= 0.6 is 11.3 Å². The highest BCUT2D eigenvalue weighted by molar-refractivity contribution is 7.13. The number of pyridine rings is 1. The van der Waals surface area contributed by atoms with Gasteiger partial charge in [-0.1, -0.05) is 24.3 Å². The van der Waals surface area contributed by atoms with Gasteiger partial charge in [-0.2, -0.15) is 0 Å². The predicted molar refractivity (Wildman–Crippen MR) is 104 cm³/mol. The second-order valence-corrected chi connectivity index (χ2v) is 7.27. The number of aromatic nitrogens is 2. The van der Waals surface area contributed by atoms with E-state index in [1.807, 2.05) is 24.4 Å². The van der Waals surface area contributed by atoms with Crippen molar-refractivity contribution in [2.45, 2.75) is 13.5 Å². The van der Waals surface area contributed by atoms with Crippen molar-refractivity contribution in [1.29, 1.82) is 0 Å². The molecule has 128 valence electrons. The molecule has 5 heteroatoms. The van der Waals surface area contributed by atoms with E-state index in [0.29, 0.717) is 0 Å². The van der Waals surface area contributed by atoms with Crippen LogP contribution in [0.25, 0.3) is 10.7 Å². The van der Waals surface area contributed by atoms with Crippen molar-refractivity contribution in [3.05, 3.63) is 65.3 Å². The standard InChI is InChI=1S/C20H22N4S/c1-16-6-2-3-8-19(16)24-12-10-23(11-13-24)14-17-15-25-20(22-17)18-7-4-5-9-21-18/h2-9,15H,10-14H2,1H3. The fourth-order valence-electron chi connectivity index (χ4n) is 3.28. The molecule has 0 unspecified atom stereocenters. The van der Waals surface area contributed by atoms with Crippen molar-refractivity contribution in [2.24, 2.45) is 0 Å². The molecule has 0 aliphatic carbocycles. The maximum atomic E-state index is 4.77. The Morgan fingerprint density at radius 3 is 2.56 bits per heavy atom. The number of piperazine rings is 1. The number of nitrogens with zero attached hydrogens (tertiary/aromatic N) is 4. The first-order valence-electron chi connectivity index (χ1n) is 8.68. The minimum absolute atomic E-state index is 0.922. The highest BCUT2D eigenvalue weighted by Gasteiger charge is 2.19. The van der Waals surface area contributed by atoms with Gasteiger partial charge in [-0.05, 0) is 30.7 Å². The van der Waals surface area contributed by atoms with E-state index in [4.69, 9.17) is 4.98 Å². The van der Waals surface area contributed by atoms with Gasteiger partial charge in [0.25, 0.3) is 0 Å². The number of hydrogen-bond acceptors (Lipinski definition) is 5. The first-order chi connectivity index (χ1) is 12.3. The van der Waals surface area contributed by atoms with Crippen molar-refractivity contribution < 1.29 is 0 Å². The lowest BCUT2D eigenvalue weighted by Crippen LogP contribution is -2.46. The molecular formula is C20H22N4S. The zero-order chi connectivity index (χ0) is 17.1. The largest absolute Gasteiger partial charge is 0.369 e. The summed E-state index contributed by atoms with van der Waals surface area (Å²) in [6, 6.07) is 14.6. The Morgan fingerprint density at radius 2 is 1.80 bits per heavy atom. The second-order valence-electron chi connectivity index (χ2n) is 6.41. The zero-order valence-corrected chi connectivity index (χ0v) is 15.2. The smallest absolute Gasteiger partial charge is 0.142 e. The van der Waals surface area contributed by atoms with Gasteiger partial charge < -0.3 is 4.90 Å². The number of thiazole rings is 1. The third-order valence-electron chi connectivity index (χ3n) is 4.65. The van der Waals surface area contributed by atoms with E-state index >= 15 is 0 Å². The molecule has 0 saturated carbocycles. The third-order valence-corrected chi connectivity index (χ3v) is 5.56. The minimum atomic E-state index is 0.922. The molecule has 3 heterocycles. The average molecular weight is 350 g/mol. The summed E-state index contributed by atoms with van der Waals surface area (Å²) in [5, 5.41) is 3.17. The maximum absolute atomic E-state index is 4.77. The molecular weight excluding hydrogens is 328 g/mol. The van der Waals surface area contributed by atoms with Gasteiger partial charge in [-0.15, -0.1) is 11.3 Å². The van der Waals surface area contributed by atoms with E-state index in [1.54, 1.807) is 11.3 Å². The Morgan fingerprint density at radius 1 is 1.00 bits per heavy atom. The molecule has 0 amide bonds. The molecule has 1 fully saturated rings. The SMILES string of the molecule is Cc1ccccc1N1CCN(Cc2csc(-c3ccccn3)n2)CC1. The van der Waals surface area contributed by atoms with Crippen LogP contribution in [0.2, 0.25) is 0 Å². The lowest BCUT2D eigenvalue weighted by molar-refractivity contribution is 0.247. The molecule has 3 aromatic rings. The molecule has 4 rings (SSSR count). The number of benzene rings is 1. The Labute approximate surface area is 152 Å². The number of aryl methyl sites for hydroxylation is 1. The van der Waals surface area contributed by atoms with E-state index in [0.717, 1.165) is 49.1 Å².